The van der Waals surface area contributed by atoms with Gasteiger partial charge in [-0.15, -0.1) is 0 Å². The molecule has 0 amide bonds. The zero-order valence-corrected chi connectivity index (χ0v) is 8.77. The monoisotopic (exact) mass is 203 g/mol. The Morgan fingerprint density at radius 2 is 2.13 bits per heavy atom. The van der Waals surface area contributed by atoms with E-state index in [0.717, 1.165) is 16.6 Å². The van der Waals surface area contributed by atoms with Crippen molar-refractivity contribution in [1.29, 1.82) is 0 Å². The van der Waals surface area contributed by atoms with Crippen molar-refractivity contribution in [2.75, 3.05) is 7.11 Å². The summed E-state index contributed by atoms with van der Waals surface area (Å²) in [5, 5.41) is 0. The number of fused-ring (bicyclic) bond motifs is 1. The normalized spacial score (nSPS) is 12.7. The summed E-state index contributed by atoms with van der Waals surface area (Å²) in [6.45, 7) is 1.94. The van der Waals surface area contributed by atoms with Crippen LogP contribution in [0.2, 0.25) is 0 Å². The Morgan fingerprint density at radius 3 is 2.80 bits per heavy atom. The summed E-state index contributed by atoms with van der Waals surface area (Å²) in [7, 11) is 1.58. The molecule has 0 aliphatic carbocycles. The van der Waals surface area contributed by atoms with Crippen LogP contribution in [0.5, 0.6) is 5.88 Å². The van der Waals surface area contributed by atoms with E-state index in [4.69, 9.17) is 10.5 Å². The van der Waals surface area contributed by atoms with Gasteiger partial charge in [-0.3, -0.25) is 0 Å². The predicted octanol–water partition coefficient (Wildman–Crippen LogP) is 1.66. The van der Waals surface area contributed by atoms with Crippen LogP contribution in [0.15, 0.2) is 24.4 Å². The molecule has 0 bridgehead atoms. The van der Waals surface area contributed by atoms with E-state index in [1.807, 2.05) is 25.1 Å². The number of benzene rings is 1. The second-order valence-corrected chi connectivity index (χ2v) is 3.45. The van der Waals surface area contributed by atoms with Crippen molar-refractivity contribution in [1.82, 2.24) is 9.97 Å². The molecule has 4 nitrogen and oxygen atoms in total. The zero-order chi connectivity index (χ0) is 10.8. The minimum Gasteiger partial charge on any atom is -0.480 e. The molecule has 1 aromatic carbocycles. The Bertz CT molecular complexity index is 482. The molecule has 4 heteroatoms. The third-order valence-corrected chi connectivity index (χ3v) is 2.28. The molecule has 15 heavy (non-hydrogen) atoms. The Morgan fingerprint density at radius 1 is 1.33 bits per heavy atom. The summed E-state index contributed by atoms with van der Waals surface area (Å²) < 4.78 is 5.00. The minimum atomic E-state index is 0.0123. The van der Waals surface area contributed by atoms with E-state index >= 15 is 0 Å². The number of nitrogens with zero attached hydrogens (tertiary/aromatic N) is 2. The summed E-state index contributed by atoms with van der Waals surface area (Å²) in [6.07, 6.45) is 1.60. The SMILES string of the molecule is COc1cnc2cc(C(C)N)ccc2n1. The molecule has 0 saturated heterocycles. The van der Waals surface area contributed by atoms with Crippen molar-refractivity contribution in [3.05, 3.63) is 30.0 Å². The highest BCUT2D eigenvalue weighted by atomic mass is 16.5. The number of ether oxygens (including phenoxy) is 1. The van der Waals surface area contributed by atoms with Crippen LogP contribution in [-0.2, 0) is 0 Å². The van der Waals surface area contributed by atoms with Gasteiger partial charge in [-0.25, -0.2) is 9.97 Å². The number of rotatable bonds is 2. The van der Waals surface area contributed by atoms with Gasteiger partial charge in [0.1, 0.15) is 0 Å². The number of methoxy groups -OCH3 is 1. The molecular formula is C11H13N3O. The van der Waals surface area contributed by atoms with Crippen molar-refractivity contribution in [2.45, 2.75) is 13.0 Å². The highest BCUT2D eigenvalue weighted by Crippen LogP contribution is 2.18. The molecule has 1 atom stereocenters. The summed E-state index contributed by atoms with van der Waals surface area (Å²) in [6, 6.07) is 5.83. The molecular weight excluding hydrogens is 190 g/mol. The van der Waals surface area contributed by atoms with Crippen molar-refractivity contribution < 1.29 is 4.74 Å². The Hall–Kier alpha value is -1.68. The highest BCUT2D eigenvalue weighted by molar-refractivity contribution is 5.75. The lowest BCUT2D eigenvalue weighted by atomic mass is 10.1. The van der Waals surface area contributed by atoms with E-state index in [1.54, 1.807) is 13.3 Å². The molecule has 0 aliphatic rings. The minimum absolute atomic E-state index is 0.0123. The van der Waals surface area contributed by atoms with Crippen molar-refractivity contribution >= 4 is 11.0 Å². The fourth-order valence-electron chi connectivity index (χ4n) is 1.39. The number of hydrogen-bond acceptors (Lipinski definition) is 4. The van der Waals surface area contributed by atoms with E-state index in [-0.39, 0.29) is 6.04 Å². The number of aromatic nitrogens is 2. The van der Waals surface area contributed by atoms with Gasteiger partial charge >= 0.3 is 0 Å². The maximum Gasteiger partial charge on any atom is 0.232 e. The second-order valence-electron chi connectivity index (χ2n) is 3.45. The molecule has 0 aliphatic heterocycles. The number of hydrogen-bond donors (Lipinski definition) is 1. The fourth-order valence-corrected chi connectivity index (χ4v) is 1.39. The first-order valence-electron chi connectivity index (χ1n) is 4.77. The largest absolute Gasteiger partial charge is 0.480 e. The van der Waals surface area contributed by atoms with Crippen LogP contribution < -0.4 is 10.5 Å². The Balaban J connectivity index is 2.55. The van der Waals surface area contributed by atoms with E-state index in [0.29, 0.717) is 5.88 Å². The van der Waals surface area contributed by atoms with Gasteiger partial charge in [-0.05, 0) is 24.6 Å². The second kappa shape index (κ2) is 3.82. The molecule has 2 aromatic rings. The van der Waals surface area contributed by atoms with E-state index in [1.165, 1.54) is 0 Å². The lowest BCUT2D eigenvalue weighted by Gasteiger charge is -2.06. The smallest absolute Gasteiger partial charge is 0.232 e. The van der Waals surface area contributed by atoms with Crippen LogP contribution in [0.1, 0.15) is 18.5 Å². The van der Waals surface area contributed by atoms with Gasteiger partial charge in [0.2, 0.25) is 5.88 Å². The number of nitrogens with two attached hydrogens (primary N) is 1. The standard InChI is InChI=1S/C11H13N3O/c1-7(12)8-3-4-9-10(5-8)13-6-11(14-9)15-2/h3-7H,12H2,1-2H3. The first-order valence-corrected chi connectivity index (χ1v) is 4.77. The average Bonchev–Trinajstić information content (AvgIpc) is 2.27. The third-order valence-electron chi connectivity index (χ3n) is 2.28. The van der Waals surface area contributed by atoms with Crippen LogP contribution in [0, 0.1) is 0 Å². The molecule has 1 unspecified atom stereocenters. The highest BCUT2D eigenvalue weighted by Gasteiger charge is 2.03. The third kappa shape index (κ3) is 1.89. The summed E-state index contributed by atoms with van der Waals surface area (Å²) in [5.41, 5.74) is 8.50. The Kier molecular flexibility index (Phi) is 2.51. The fraction of sp³-hybridized carbons (Fsp3) is 0.273. The molecule has 2 rings (SSSR count). The van der Waals surface area contributed by atoms with Crippen LogP contribution in [-0.4, -0.2) is 17.1 Å². The van der Waals surface area contributed by atoms with Gasteiger partial charge in [-0.2, -0.15) is 0 Å². The van der Waals surface area contributed by atoms with Crippen LogP contribution in [0.3, 0.4) is 0 Å². The zero-order valence-electron chi connectivity index (χ0n) is 8.77. The molecule has 0 radical (unpaired) electrons. The molecule has 0 spiro atoms. The van der Waals surface area contributed by atoms with Gasteiger partial charge in [0.15, 0.2) is 0 Å². The van der Waals surface area contributed by atoms with Crippen molar-refractivity contribution in [3.8, 4) is 5.88 Å². The van der Waals surface area contributed by atoms with E-state index < -0.39 is 0 Å². The summed E-state index contributed by atoms with van der Waals surface area (Å²) >= 11 is 0. The molecule has 1 aromatic heterocycles. The van der Waals surface area contributed by atoms with Gasteiger partial charge in [0.25, 0.3) is 0 Å². The maximum atomic E-state index is 5.79. The van der Waals surface area contributed by atoms with Gasteiger partial charge in [0.05, 0.1) is 24.3 Å². The summed E-state index contributed by atoms with van der Waals surface area (Å²) in [5.74, 6) is 0.524. The van der Waals surface area contributed by atoms with Crippen molar-refractivity contribution in [2.24, 2.45) is 5.73 Å². The van der Waals surface area contributed by atoms with E-state index in [9.17, 15) is 0 Å². The van der Waals surface area contributed by atoms with Crippen LogP contribution in [0.4, 0.5) is 0 Å². The van der Waals surface area contributed by atoms with E-state index in [2.05, 4.69) is 9.97 Å². The average molecular weight is 203 g/mol. The molecule has 0 fully saturated rings. The first kappa shape index (κ1) is 9.86. The van der Waals surface area contributed by atoms with Crippen LogP contribution in [0.25, 0.3) is 11.0 Å². The lowest BCUT2D eigenvalue weighted by Crippen LogP contribution is -2.04. The van der Waals surface area contributed by atoms with Gasteiger partial charge in [-0.1, -0.05) is 6.07 Å². The molecule has 78 valence electrons. The quantitative estimate of drug-likeness (QED) is 0.806. The van der Waals surface area contributed by atoms with Gasteiger partial charge in [0, 0.05) is 6.04 Å². The Labute approximate surface area is 88.1 Å². The first-order chi connectivity index (χ1) is 7.20. The molecule has 2 N–H and O–H groups in total. The van der Waals surface area contributed by atoms with Crippen molar-refractivity contribution in [3.63, 3.8) is 0 Å². The summed E-state index contributed by atoms with van der Waals surface area (Å²) in [4.78, 5) is 8.52. The van der Waals surface area contributed by atoms with Crippen LogP contribution >= 0.6 is 0 Å². The molecule has 1 heterocycles. The molecule has 0 saturated carbocycles. The maximum absolute atomic E-state index is 5.79. The predicted molar refractivity (Wildman–Crippen MR) is 58.7 cm³/mol. The van der Waals surface area contributed by atoms with Gasteiger partial charge < -0.3 is 10.5 Å². The topological polar surface area (TPSA) is 61.0 Å². The lowest BCUT2D eigenvalue weighted by molar-refractivity contribution is 0.397.